The minimum absolute atomic E-state index is 0.0214. The Labute approximate surface area is 317 Å². The van der Waals surface area contributed by atoms with E-state index in [2.05, 4.69) is 120 Å². The van der Waals surface area contributed by atoms with Crippen molar-refractivity contribution in [2.45, 2.75) is 156 Å². The summed E-state index contributed by atoms with van der Waals surface area (Å²) >= 11 is 0. The van der Waals surface area contributed by atoms with E-state index in [1.54, 1.807) is 24.5 Å². The maximum absolute atomic E-state index is 15.1. The fourth-order valence-corrected chi connectivity index (χ4v) is 10.8. The summed E-state index contributed by atoms with van der Waals surface area (Å²) in [5.74, 6) is -0.430. The molecule has 4 atom stereocenters. The quantitative estimate of drug-likeness (QED) is 0.220. The van der Waals surface area contributed by atoms with Crippen molar-refractivity contribution in [2.24, 2.45) is 23.2 Å². The number of hydrogen-bond donors (Lipinski definition) is 0. The van der Waals surface area contributed by atoms with Crippen LogP contribution in [0.4, 0.5) is 0 Å². The Morgan fingerprint density at radius 2 is 1.37 bits per heavy atom. The van der Waals surface area contributed by atoms with Crippen molar-refractivity contribution in [2.75, 3.05) is 13.2 Å². The number of Topliss-reactive ketones (excluding diaryl/α,β-unsaturated/α-hetero) is 1. The SMILES string of the molecule is CC1(C)[C@H]2C(=O)c3c(cc(-c4cccnc4)oc3=O)O[C@]2(C)C(O[Si](C)(C)C(C)(C)C)C[C@H]1C(CO[Si](C)(C)C(C)(C)C)CO[Si](C)(C)C(C)(C)C. The largest absolute Gasteiger partial charge is 0.483 e. The van der Waals surface area contributed by atoms with Gasteiger partial charge in [-0.2, -0.15) is 0 Å². The highest BCUT2D eigenvalue weighted by Crippen LogP contribution is 2.59. The van der Waals surface area contributed by atoms with E-state index in [0.29, 0.717) is 31.0 Å². The lowest BCUT2D eigenvalue weighted by Crippen LogP contribution is -2.69. The van der Waals surface area contributed by atoms with Crippen molar-refractivity contribution < 1.29 is 27.2 Å². The molecule has 0 N–H and O–H groups in total. The third-order valence-electron chi connectivity index (χ3n) is 13.8. The number of ketones is 1. The maximum Gasteiger partial charge on any atom is 0.351 e. The van der Waals surface area contributed by atoms with Crippen molar-refractivity contribution >= 4 is 30.7 Å². The highest BCUT2D eigenvalue weighted by Gasteiger charge is 2.66. The first-order valence-corrected chi connectivity index (χ1v) is 27.9. The number of carbonyl (C=O) groups is 1. The molecule has 2 aromatic heterocycles. The third-order valence-corrected chi connectivity index (χ3v) is 27.3. The molecule has 0 bridgehead atoms. The lowest BCUT2D eigenvalue weighted by Gasteiger charge is -2.61. The number of fused-ring (bicyclic) bond motifs is 2. The Hall–Kier alpha value is -1.90. The minimum atomic E-state index is -2.39. The minimum Gasteiger partial charge on any atom is -0.483 e. The van der Waals surface area contributed by atoms with Gasteiger partial charge in [-0.1, -0.05) is 76.2 Å². The number of aromatic nitrogens is 1. The highest BCUT2D eigenvalue weighted by atomic mass is 28.4. The zero-order chi connectivity index (χ0) is 39.7. The molecule has 0 amide bonds. The van der Waals surface area contributed by atoms with Crippen LogP contribution in [0.2, 0.25) is 54.4 Å². The molecule has 4 rings (SSSR count). The second-order valence-electron chi connectivity index (χ2n) is 20.9. The van der Waals surface area contributed by atoms with Crippen LogP contribution in [0.15, 0.2) is 39.8 Å². The molecule has 0 spiro atoms. The summed E-state index contributed by atoms with van der Waals surface area (Å²) < 4.78 is 34.3. The fourth-order valence-electron chi connectivity index (χ4n) is 7.28. The van der Waals surface area contributed by atoms with Crippen LogP contribution in [0.3, 0.4) is 0 Å². The van der Waals surface area contributed by atoms with Gasteiger partial charge in [-0.15, -0.1) is 0 Å². The van der Waals surface area contributed by atoms with E-state index in [-0.39, 0.29) is 44.0 Å². The van der Waals surface area contributed by atoms with Crippen LogP contribution < -0.4 is 10.4 Å². The Morgan fingerprint density at radius 1 is 0.846 bits per heavy atom. The lowest BCUT2D eigenvalue weighted by molar-refractivity contribution is -0.167. The van der Waals surface area contributed by atoms with Gasteiger partial charge in [0.2, 0.25) is 0 Å². The molecule has 0 aromatic carbocycles. The molecular formula is C41H69NO7Si3. The van der Waals surface area contributed by atoms with Gasteiger partial charge in [0.05, 0.1) is 12.0 Å². The number of hydrogen-bond acceptors (Lipinski definition) is 8. The van der Waals surface area contributed by atoms with Crippen LogP contribution in [0.5, 0.6) is 5.75 Å². The van der Waals surface area contributed by atoms with E-state index < -0.39 is 53.6 Å². The molecule has 2 aliphatic rings. The molecule has 3 heterocycles. The van der Waals surface area contributed by atoms with Crippen LogP contribution in [0.25, 0.3) is 11.3 Å². The summed E-state index contributed by atoms with van der Waals surface area (Å²) in [7, 11) is -6.67. The van der Waals surface area contributed by atoms with E-state index in [9.17, 15) is 4.79 Å². The fraction of sp³-hybridized carbons (Fsp3) is 0.732. The molecule has 52 heavy (non-hydrogen) atoms. The van der Waals surface area contributed by atoms with E-state index in [0.717, 1.165) is 0 Å². The van der Waals surface area contributed by atoms with E-state index in [1.807, 2.05) is 13.0 Å². The van der Waals surface area contributed by atoms with E-state index in [1.165, 1.54) is 0 Å². The second kappa shape index (κ2) is 14.0. The molecule has 1 saturated carbocycles. The zero-order valence-electron chi connectivity index (χ0n) is 35.6. The monoisotopic (exact) mass is 771 g/mol. The van der Waals surface area contributed by atoms with Crippen molar-refractivity contribution in [3.8, 4) is 17.1 Å². The molecule has 8 nitrogen and oxygen atoms in total. The van der Waals surface area contributed by atoms with Crippen molar-refractivity contribution in [3.63, 3.8) is 0 Å². The van der Waals surface area contributed by atoms with Crippen LogP contribution in [-0.4, -0.2) is 60.6 Å². The van der Waals surface area contributed by atoms with Gasteiger partial charge in [0.25, 0.3) is 0 Å². The summed E-state index contributed by atoms with van der Waals surface area (Å²) in [5.41, 5.74) is -1.76. The molecule has 1 fully saturated rings. The van der Waals surface area contributed by atoms with Gasteiger partial charge in [-0.3, -0.25) is 9.78 Å². The van der Waals surface area contributed by atoms with Gasteiger partial charge >= 0.3 is 5.63 Å². The Morgan fingerprint density at radius 3 is 1.83 bits per heavy atom. The first-order chi connectivity index (χ1) is 23.4. The highest BCUT2D eigenvalue weighted by molar-refractivity contribution is 6.75. The molecule has 1 unspecified atom stereocenters. The predicted octanol–water partition coefficient (Wildman–Crippen LogP) is 10.7. The van der Waals surface area contributed by atoms with Crippen molar-refractivity contribution in [3.05, 3.63) is 46.6 Å². The summed E-state index contributed by atoms with van der Waals surface area (Å²) in [6.45, 7) is 41.4. The van der Waals surface area contributed by atoms with Crippen LogP contribution in [0, 0.1) is 23.2 Å². The zero-order valence-corrected chi connectivity index (χ0v) is 38.6. The molecular weight excluding hydrogens is 703 g/mol. The third kappa shape index (κ3) is 8.05. The van der Waals surface area contributed by atoms with Crippen LogP contribution in [0.1, 0.15) is 99.9 Å². The Bertz CT molecular complexity index is 1630. The number of pyridine rings is 1. The standard InChI is InChI=1S/C41H69NO7Si3/c1-37(2,3)50(13,14)45-25-28(26-46-51(15,16)38(4,5)6)29-22-32(49-52(17,18)39(7,8)9)41(12)35(40(29,10)11)34(43)33-31(48-41)23-30(47-36(33)44)27-20-19-21-42-24-27/h19-21,23-24,28-29,32,35H,22,25-26H2,1-18H3/t29-,32?,35+,41+/m0/s1. The molecule has 0 radical (unpaired) electrons. The summed E-state index contributed by atoms with van der Waals surface area (Å²) in [6, 6.07) is 5.28. The number of carbonyl (C=O) groups excluding carboxylic acids is 1. The molecule has 0 saturated heterocycles. The van der Waals surface area contributed by atoms with Crippen molar-refractivity contribution in [1.29, 1.82) is 0 Å². The van der Waals surface area contributed by atoms with E-state index >= 15 is 4.79 Å². The average Bonchev–Trinajstić information content (AvgIpc) is 2.97. The summed E-state index contributed by atoms with van der Waals surface area (Å²) in [6.07, 6.45) is 3.54. The summed E-state index contributed by atoms with van der Waals surface area (Å²) in [5, 5.41) is -0.0131. The number of nitrogens with zero attached hydrogens (tertiary/aromatic N) is 1. The molecule has 1 aliphatic heterocycles. The van der Waals surface area contributed by atoms with Crippen molar-refractivity contribution in [1.82, 2.24) is 4.98 Å². The van der Waals surface area contributed by atoms with Gasteiger partial charge in [-0.25, -0.2) is 4.79 Å². The second-order valence-corrected chi connectivity index (χ2v) is 35.3. The first-order valence-electron chi connectivity index (χ1n) is 19.1. The van der Waals surface area contributed by atoms with Gasteiger partial charge in [0.15, 0.2) is 30.7 Å². The average molecular weight is 772 g/mol. The van der Waals surface area contributed by atoms with Gasteiger partial charge in [0.1, 0.15) is 22.7 Å². The van der Waals surface area contributed by atoms with Crippen LogP contribution in [-0.2, 0) is 13.3 Å². The number of rotatable bonds is 10. The Balaban J connectivity index is 1.90. The molecule has 2 aromatic rings. The maximum atomic E-state index is 15.1. The topological polar surface area (TPSA) is 97.1 Å². The molecule has 1 aliphatic carbocycles. The summed E-state index contributed by atoms with van der Waals surface area (Å²) in [4.78, 5) is 33.1. The molecule has 11 heteroatoms. The first kappa shape index (κ1) is 42.8. The van der Waals surface area contributed by atoms with Crippen LogP contribution >= 0.6 is 0 Å². The number of ether oxygens (including phenoxy) is 1. The molecule has 292 valence electrons. The smallest absolute Gasteiger partial charge is 0.351 e. The Kier molecular flexibility index (Phi) is 11.5. The normalized spacial score (nSPS) is 24.4. The predicted molar refractivity (Wildman–Crippen MR) is 219 cm³/mol. The van der Waals surface area contributed by atoms with Gasteiger partial charge in [-0.05, 0) is 91.2 Å². The van der Waals surface area contributed by atoms with E-state index in [4.69, 9.17) is 22.4 Å². The van der Waals surface area contributed by atoms with Gasteiger partial charge < -0.3 is 22.4 Å². The van der Waals surface area contributed by atoms with Gasteiger partial charge in [0, 0.05) is 43.2 Å². The lowest BCUT2D eigenvalue weighted by atomic mass is 9.51.